The summed E-state index contributed by atoms with van der Waals surface area (Å²) in [5, 5.41) is 3.55. The van der Waals surface area contributed by atoms with E-state index in [4.69, 9.17) is 0 Å². The van der Waals surface area contributed by atoms with Gasteiger partial charge in [-0.2, -0.15) is 0 Å². The van der Waals surface area contributed by atoms with E-state index in [1.807, 2.05) is 17.5 Å². The second kappa shape index (κ2) is 5.45. The fraction of sp³-hybridized carbons (Fsp3) is 0.500. The second-order valence-electron chi connectivity index (χ2n) is 3.39. The highest BCUT2D eigenvalue weighted by Crippen LogP contribution is 2.08. The SMILES string of the molecule is CCS(=O)(=O)[C@@H](C)C(=O)NCc1cccs1. The summed E-state index contributed by atoms with van der Waals surface area (Å²) in [6, 6.07) is 3.78. The predicted molar refractivity (Wildman–Crippen MR) is 65.1 cm³/mol. The highest BCUT2D eigenvalue weighted by molar-refractivity contribution is 7.92. The van der Waals surface area contributed by atoms with E-state index in [-0.39, 0.29) is 5.75 Å². The molecule has 1 atom stereocenters. The van der Waals surface area contributed by atoms with Crippen LogP contribution in [0.2, 0.25) is 0 Å². The van der Waals surface area contributed by atoms with Crippen LogP contribution in [0.25, 0.3) is 0 Å². The topological polar surface area (TPSA) is 63.2 Å². The Morgan fingerprint density at radius 1 is 1.56 bits per heavy atom. The van der Waals surface area contributed by atoms with Crippen LogP contribution in [0.3, 0.4) is 0 Å². The summed E-state index contributed by atoms with van der Waals surface area (Å²) in [7, 11) is -3.30. The van der Waals surface area contributed by atoms with Crippen LogP contribution in [0.5, 0.6) is 0 Å². The van der Waals surface area contributed by atoms with Crippen LogP contribution >= 0.6 is 11.3 Å². The van der Waals surface area contributed by atoms with E-state index in [9.17, 15) is 13.2 Å². The van der Waals surface area contributed by atoms with Crippen molar-refractivity contribution in [1.29, 1.82) is 0 Å². The average Bonchev–Trinajstić information content (AvgIpc) is 2.77. The van der Waals surface area contributed by atoms with Crippen LogP contribution in [0.1, 0.15) is 18.7 Å². The lowest BCUT2D eigenvalue weighted by Crippen LogP contribution is -2.38. The van der Waals surface area contributed by atoms with Crippen molar-refractivity contribution >= 4 is 27.1 Å². The van der Waals surface area contributed by atoms with Crippen molar-refractivity contribution in [2.24, 2.45) is 0 Å². The summed E-state index contributed by atoms with van der Waals surface area (Å²) in [6.07, 6.45) is 0. The van der Waals surface area contributed by atoms with E-state index >= 15 is 0 Å². The lowest BCUT2D eigenvalue weighted by molar-refractivity contribution is -0.120. The molecule has 1 heterocycles. The molecule has 1 amide bonds. The van der Waals surface area contributed by atoms with Crippen molar-refractivity contribution < 1.29 is 13.2 Å². The molecule has 0 aromatic carbocycles. The van der Waals surface area contributed by atoms with Crippen LogP contribution in [0, 0.1) is 0 Å². The van der Waals surface area contributed by atoms with E-state index in [2.05, 4.69) is 5.32 Å². The minimum atomic E-state index is -3.30. The minimum absolute atomic E-state index is 0.0133. The van der Waals surface area contributed by atoms with Gasteiger partial charge in [0.05, 0.1) is 6.54 Å². The maximum atomic E-state index is 11.6. The molecule has 90 valence electrons. The first-order valence-electron chi connectivity index (χ1n) is 4.99. The van der Waals surface area contributed by atoms with Crippen molar-refractivity contribution in [3.63, 3.8) is 0 Å². The number of carbonyl (C=O) groups is 1. The molecule has 0 bridgehead atoms. The van der Waals surface area contributed by atoms with E-state index in [1.54, 1.807) is 6.92 Å². The van der Waals surface area contributed by atoms with E-state index in [1.165, 1.54) is 18.3 Å². The zero-order valence-corrected chi connectivity index (χ0v) is 10.9. The molecule has 1 aromatic heterocycles. The van der Waals surface area contributed by atoms with Gasteiger partial charge in [0.15, 0.2) is 9.84 Å². The maximum absolute atomic E-state index is 11.6. The number of hydrogen-bond donors (Lipinski definition) is 1. The smallest absolute Gasteiger partial charge is 0.238 e. The monoisotopic (exact) mass is 261 g/mol. The van der Waals surface area contributed by atoms with Crippen LogP contribution in [0.4, 0.5) is 0 Å². The van der Waals surface area contributed by atoms with Gasteiger partial charge in [-0.15, -0.1) is 11.3 Å². The number of nitrogens with one attached hydrogen (secondary N) is 1. The molecule has 0 aliphatic heterocycles. The van der Waals surface area contributed by atoms with Crippen LogP contribution in [-0.2, 0) is 21.2 Å². The molecule has 16 heavy (non-hydrogen) atoms. The van der Waals surface area contributed by atoms with Crippen molar-refractivity contribution in [2.45, 2.75) is 25.6 Å². The van der Waals surface area contributed by atoms with Crippen LogP contribution in [-0.4, -0.2) is 25.3 Å². The second-order valence-corrected chi connectivity index (χ2v) is 7.03. The van der Waals surface area contributed by atoms with Gasteiger partial charge in [0, 0.05) is 10.6 Å². The van der Waals surface area contributed by atoms with Crippen LogP contribution < -0.4 is 5.32 Å². The zero-order valence-electron chi connectivity index (χ0n) is 9.26. The van der Waals surface area contributed by atoms with Gasteiger partial charge in [-0.25, -0.2) is 8.42 Å². The average molecular weight is 261 g/mol. The molecular formula is C10H15NO3S2. The lowest BCUT2D eigenvalue weighted by atomic mass is 10.4. The summed E-state index contributed by atoms with van der Waals surface area (Å²) in [5.41, 5.74) is 0. The highest BCUT2D eigenvalue weighted by atomic mass is 32.2. The fourth-order valence-corrected chi connectivity index (χ4v) is 2.70. The molecule has 0 radical (unpaired) electrons. The van der Waals surface area contributed by atoms with Crippen molar-refractivity contribution in [2.75, 3.05) is 5.75 Å². The Balaban J connectivity index is 2.53. The molecule has 0 fully saturated rings. The molecule has 1 N–H and O–H groups in total. The van der Waals surface area contributed by atoms with Gasteiger partial charge >= 0.3 is 0 Å². The Morgan fingerprint density at radius 3 is 2.75 bits per heavy atom. The first kappa shape index (κ1) is 13.2. The predicted octanol–water partition coefficient (Wildman–Crippen LogP) is 1.19. The molecular weight excluding hydrogens is 246 g/mol. The van der Waals surface area contributed by atoms with E-state index in [0.29, 0.717) is 6.54 Å². The Kier molecular flexibility index (Phi) is 4.49. The summed E-state index contributed by atoms with van der Waals surface area (Å²) in [6.45, 7) is 3.35. The van der Waals surface area contributed by atoms with Crippen LogP contribution in [0.15, 0.2) is 17.5 Å². The lowest BCUT2D eigenvalue weighted by Gasteiger charge is -2.11. The molecule has 0 saturated heterocycles. The summed E-state index contributed by atoms with van der Waals surface area (Å²) >= 11 is 1.53. The number of rotatable bonds is 5. The Labute approximate surface area is 99.6 Å². The summed E-state index contributed by atoms with van der Waals surface area (Å²) in [4.78, 5) is 12.6. The maximum Gasteiger partial charge on any atom is 0.238 e. The van der Waals surface area contributed by atoms with Gasteiger partial charge in [0.1, 0.15) is 5.25 Å². The Bertz CT molecular complexity index is 437. The number of carbonyl (C=O) groups excluding carboxylic acids is 1. The first-order chi connectivity index (χ1) is 7.47. The van der Waals surface area contributed by atoms with Gasteiger partial charge in [0.2, 0.25) is 5.91 Å². The molecule has 6 heteroatoms. The van der Waals surface area contributed by atoms with Crippen molar-refractivity contribution in [3.8, 4) is 0 Å². The third kappa shape index (κ3) is 3.31. The zero-order chi connectivity index (χ0) is 12.2. The minimum Gasteiger partial charge on any atom is -0.350 e. The first-order valence-corrected chi connectivity index (χ1v) is 7.58. The van der Waals surface area contributed by atoms with E-state index in [0.717, 1.165) is 4.88 Å². The van der Waals surface area contributed by atoms with Gasteiger partial charge in [-0.3, -0.25) is 4.79 Å². The Hall–Kier alpha value is -0.880. The summed E-state index contributed by atoms with van der Waals surface area (Å²) < 4.78 is 22.9. The van der Waals surface area contributed by atoms with Crippen molar-refractivity contribution in [3.05, 3.63) is 22.4 Å². The number of sulfone groups is 1. The quantitative estimate of drug-likeness (QED) is 0.866. The number of amides is 1. The molecule has 0 aliphatic carbocycles. The molecule has 0 aliphatic rings. The highest BCUT2D eigenvalue weighted by Gasteiger charge is 2.25. The Morgan fingerprint density at radius 2 is 2.25 bits per heavy atom. The largest absolute Gasteiger partial charge is 0.350 e. The molecule has 1 aromatic rings. The number of thiophene rings is 1. The summed E-state index contributed by atoms with van der Waals surface area (Å²) in [5.74, 6) is -0.448. The van der Waals surface area contributed by atoms with Crippen molar-refractivity contribution in [1.82, 2.24) is 5.32 Å². The van der Waals surface area contributed by atoms with Gasteiger partial charge in [0.25, 0.3) is 0 Å². The molecule has 0 spiro atoms. The molecule has 0 unspecified atom stereocenters. The van der Waals surface area contributed by atoms with Gasteiger partial charge in [-0.05, 0) is 18.4 Å². The third-order valence-electron chi connectivity index (χ3n) is 2.33. The standard InChI is InChI=1S/C10H15NO3S2/c1-3-16(13,14)8(2)10(12)11-7-9-5-4-6-15-9/h4-6,8H,3,7H2,1-2H3,(H,11,12)/t8-/m0/s1. The third-order valence-corrected chi connectivity index (χ3v) is 5.30. The molecule has 1 rings (SSSR count). The fourth-order valence-electron chi connectivity index (χ4n) is 1.14. The molecule has 0 saturated carbocycles. The molecule has 4 nitrogen and oxygen atoms in total. The normalized spacial score (nSPS) is 13.4. The number of hydrogen-bond acceptors (Lipinski definition) is 4. The van der Waals surface area contributed by atoms with E-state index < -0.39 is 21.0 Å². The van der Waals surface area contributed by atoms with Gasteiger partial charge in [-0.1, -0.05) is 13.0 Å². The van der Waals surface area contributed by atoms with Gasteiger partial charge < -0.3 is 5.32 Å².